The predicted molar refractivity (Wildman–Crippen MR) is 119 cm³/mol. The molecule has 0 bridgehead atoms. The fourth-order valence-corrected chi connectivity index (χ4v) is 2.80. The number of benzene rings is 2. The molecule has 0 unspecified atom stereocenters. The predicted octanol–water partition coefficient (Wildman–Crippen LogP) is 4.93. The first-order valence-corrected chi connectivity index (χ1v) is 9.89. The summed E-state index contributed by atoms with van der Waals surface area (Å²) in [5.41, 5.74) is 1.84. The number of aliphatic carboxylic acids is 1. The molecule has 2 amide bonds. The molecule has 3 N–H and O–H groups in total. The van der Waals surface area contributed by atoms with Crippen LogP contribution in [0, 0.1) is 0 Å². The lowest BCUT2D eigenvalue weighted by molar-refractivity contribution is -0.139. The molecule has 1 heterocycles. The second-order valence-corrected chi connectivity index (χ2v) is 8.28. The van der Waals surface area contributed by atoms with Crippen LogP contribution in [-0.2, 0) is 10.2 Å². The van der Waals surface area contributed by atoms with E-state index in [1.807, 2.05) is 26.8 Å². The van der Waals surface area contributed by atoms with Crippen molar-refractivity contribution >= 4 is 35.1 Å². The van der Waals surface area contributed by atoms with Crippen molar-refractivity contribution in [2.75, 3.05) is 17.2 Å². The van der Waals surface area contributed by atoms with Crippen LogP contribution in [-0.4, -0.2) is 33.5 Å². The third-order valence-electron chi connectivity index (χ3n) is 4.27. The van der Waals surface area contributed by atoms with Crippen LogP contribution < -0.4 is 15.4 Å². The summed E-state index contributed by atoms with van der Waals surface area (Å²) in [5.74, 6) is -0.149. The highest BCUT2D eigenvalue weighted by Crippen LogP contribution is 2.27. The molecular weight excluding hydrogens is 420 g/mol. The third-order valence-corrected chi connectivity index (χ3v) is 4.52. The molecule has 3 aromatic rings. The van der Waals surface area contributed by atoms with Crippen LogP contribution in [0.4, 0.5) is 16.3 Å². The summed E-state index contributed by atoms with van der Waals surface area (Å²) < 4.78 is 6.78. The van der Waals surface area contributed by atoms with Gasteiger partial charge in [-0.25, -0.2) is 14.3 Å². The molecule has 1 aromatic heterocycles. The van der Waals surface area contributed by atoms with E-state index < -0.39 is 18.6 Å². The first-order valence-electron chi connectivity index (χ1n) is 9.51. The van der Waals surface area contributed by atoms with Gasteiger partial charge in [-0.1, -0.05) is 32.4 Å². The Balaban J connectivity index is 1.84. The van der Waals surface area contributed by atoms with Gasteiger partial charge in [0.25, 0.3) is 0 Å². The van der Waals surface area contributed by atoms with Gasteiger partial charge in [0.05, 0.1) is 11.4 Å². The number of nitrogens with one attached hydrogen (secondary N) is 2. The average Bonchev–Trinajstić information content (AvgIpc) is 3.12. The van der Waals surface area contributed by atoms with Crippen LogP contribution in [0.1, 0.15) is 26.5 Å². The average molecular weight is 443 g/mol. The van der Waals surface area contributed by atoms with E-state index >= 15 is 0 Å². The summed E-state index contributed by atoms with van der Waals surface area (Å²) >= 11 is 5.88. The van der Waals surface area contributed by atoms with Gasteiger partial charge in [0.2, 0.25) is 0 Å². The molecule has 0 radical (unpaired) electrons. The highest BCUT2D eigenvalue weighted by atomic mass is 35.5. The molecule has 0 aliphatic carbocycles. The van der Waals surface area contributed by atoms with E-state index in [4.69, 9.17) is 21.4 Å². The molecule has 0 spiro atoms. The molecule has 162 valence electrons. The van der Waals surface area contributed by atoms with Crippen molar-refractivity contribution in [3.05, 3.63) is 65.3 Å². The highest BCUT2D eigenvalue weighted by Gasteiger charge is 2.21. The number of ether oxygens (including phenoxy) is 1. The Morgan fingerprint density at radius 2 is 1.71 bits per heavy atom. The van der Waals surface area contributed by atoms with Crippen LogP contribution in [0.2, 0.25) is 5.02 Å². The number of nitrogens with zero attached hydrogens (tertiary/aromatic N) is 2. The summed E-state index contributed by atoms with van der Waals surface area (Å²) in [6, 6.07) is 14.9. The number of rotatable bonds is 6. The number of carboxylic acid groups (broad SMARTS) is 1. The summed E-state index contributed by atoms with van der Waals surface area (Å²) in [7, 11) is 0. The lowest BCUT2D eigenvalue weighted by Gasteiger charge is -2.14. The standard InChI is InChI=1S/C22H23ClN4O4/c1-22(2,3)18-12-19(25-21(30)24-15-6-4-14(23)5-7-15)27(26-18)16-8-10-17(11-9-16)31-13-20(28)29/h4-12H,13H2,1-3H3,(H,28,29)(H2,24,25,30). The second-order valence-electron chi connectivity index (χ2n) is 7.84. The molecule has 8 nitrogen and oxygen atoms in total. The molecule has 0 aliphatic heterocycles. The van der Waals surface area contributed by atoms with E-state index in [2.05, 4.69) is 15.7 Å². The third kappa shape index (κ3) is 5.99. The maximum atomic E-state index is 12.5. The maximum Gasteiger partial charge on any atom is 0.341 e. The van der Waals surface area contributed by atoms with E-state index in [0.717, 1.165) is 5.69 Å². The van der Waals surface area contributed by atoms with Gasteiger partial charge < -0.3 is 15.2 Å². The molecule has 0 aliphatic rings. The monoisotopic (exact) mass is 442 g/mol. The lowest BCUT2D eigenvalue weighted by Crippen LogP contribution is -2.21. The first-order chi connectivity index (χ1) is 14.6. The van der Waals surface area contributed by atoms with Gasteiger partial charge in [-0.2, -0.15) is 5.10 Å². The number of anilines is 2. The zero-order valence-electron chi connectivity index (χ0n) is 17.3. The number of hydrogen-bond donors (Lipinski definition) is 3. The van der Waals surface area contributed by atoms with Crippen molar-refractivity contribution < 1.29 is 19.4 Å². The van der Waals surface area contributed by atoms with Crippen molar-refractivity contribution in [1.82, 2.24) is 9.78 Å². The van der Waals surface area contributed by atoms with Gasteiger partial charge in [-0.05, 0) is 48.5 Å². The Kier molecular flexibility index (Phi) is 6.50. The van der Waals surface area contributed by atoms with Gasteiger partial charge in [-0.3, -0.25) is 5.32 Å². The summed E-state index contributed by atoms with van der Waals surface area (Å²) in [5, 5.41) is 19.5. The van der Waals surface area contributed by atoms with Crippen molar-refractivity contribution in [1.29, 1.82) is 0 Å². The Bertz CT molecular complexity index is 1070. The minimum Gasteiger partial charge on any atom is -0.482 e. The van der Waals surface area contributed by atoms with Gasteiger partial charge in [0.1, 0.15) is 11.6 Å². The van der Waals surface area contributed by atoms with Crippen LogP contribution in [0.15, 0.2) is 54.6 Å². The van der Waals surface area contributed by atoms with Crippen LogP contribution in [0.3, 0.4) is 0 Å². The molecule has 3 rings (SSSR count). The molecule has 0 atom stereocenters. The van der Waals surface area contributed by atoms with Gasteiger partial charge >= 0.3 is 12.0 Å². The number of carbonyl (C=O) groups is 2. The van der Waals surface area contributed by atoms with Crippen LogP contribution in [0.25, 0.3) is 5.69 Å². The van der Waals surface area contributed by atoms with Crippen molar-refractivity contribution in [3.8, 4) is 11.4 Å². The Hall–Kier alpha value is -3.52. The SMILES string of the molecule is CC(C)(C)c1cc(NC(=O)Nc2ccc(Cl)cc2)n(-c2ccc(OCC(=O)O)cc2)n1. The normalized spacial score (nSPS) is 11.1. The number of halogens is 1. The number of carbonyl (C=O) groups excluding carboxylic acids is 1. The largest absolute Gasteiger partial charge is 0.482 e. The molecule has 2 aromatic carbocycles. The smallest absolute Gasteiger partial charge is 0.341 e. The molecule has 0 fully saturated rings. The van der Waals surface area contributed by atoms with Gasteiger partial charge in [-0.15, -0.1) is 0 Å². The van der Waals surface area contributed by atoms with Gasteiger partial charge in [0.15, 0.2) is 6.61 Å². The lowest BCUT2D eigenvalue weighted by atomic mass is 9.92. The Labute approximate surface area is 184 Å². The summed E-state index contributed by atoms with van der Waals surface area (Å²) in [4.78, 5) is 23.2. The second kappa shape index (κ2) is 9.09. The number of hydrogen-bond acceptors (Lipinski definition) is 4. The van der Waals surface area contributed by atoms with E-state index in [-0.39, 0.29) is 5.41 Å². The first kappa shape index (κ1) is 22.2. The maximum absolute atomic E-state index is 12.5. The fraction of sp³-hybridized carbons (Fsp3) is 0.227. The quantitative estimate of drug-likeness (QED) is 0.502. The van der Waals surface area contributed by atoms with E-state index in [1.54, 1.807) is 53.2 Å². The van der Waals surface area contributed by atoms with Crippen LogP contribution >= 0.6 is 11.6 Å². The van der Waals surface area contributed by atoms with E-state index in [1.165, 1.54) is 0 Å². The topological polar surface area (TPSA) is 105 Å². The molecule has 9 heteroatoms. The number of urea groups is 1. The molecule has 0 saturated carbocycles. The highest BCUT2D eigenvalue weighted by molar-refractivity contribution is 6.30. The number of carboxylic acids is 1. The Morgan fingerprint density at radius 3 is 2.29 bits per heavy atom. The zero-order chi connectivity index (χ0) is 22.6. The number of aromatic nitrogens is 2. The summed E-state index contributed by atoms with van der Waals surface area (Å²) in [6.45, 7) is 5.66. The van der Waals surface area contributed by atoms with Crippen molar-refractivity contribution in [2.24, 2.45) is 0 Å². The van der Waals surface area contributed by atoms with Crippen LogP contribution in [0.5, 0.6) is 5.75 Å². The number of amides is 2. The van der Waals surface area contributed by atoms with Crippen molar-refractivity contribution in [3.63, 3.8) is 0 Å². The van der Waals surface area contributed by atoms with E-state index in [0.29, 0.717) is 28.0 Å². The summed E-state index contributed by atoms with van der Waals surface area (Å²) in [6.07, 6.45) is 0. The fourth-order valence-electron chi connectivity index (χ4n) is 2.67. The Morgan fingerprint density at radius 1 is 1.06 bits per heavy atom. The van der Waals surface area contributed by atoms with Crippen molar-refractivity contribution in [2.45, 2.75) is 26.2 Å². The molecule has 31 heavy (non-hydrogen) atoms. The zero-order valence-corrected chi connectivity index (χ0v) is 18.1. The minimum absolute atomic E-state index is 0.237. The van der Waals surface area contributed by atoms with Gasteiger partial charge in [0, 0.05) is 22.2 Å². The molecule has 0 saturated heterocycles. The molecular formula is C22H23ClN4O4. The van der Waals surface area contributed by atoms with E-state index in [9.17, 15) is 9.59 Å². The minimum atomic E-state index is -1.05.